The molecule has 46 heavy (non-hydrogen) atoms. The van der Waals surface area contributed by atoms with Crippen molar-refractivity contribution < 1.29 is 34.1 Å². The van der Waals surface area contributed by atoms with Gasteiger partial charge in [-0.05, 0) is 46.7 Å². The first-order valence-electron chi connectivity index (χ1n) is 16.2. The summed E-state index contributed by atoms with van der Waals surface area (Å²) in [6, 6.07) is 24.4. The summed E-state index contributed by atoms with van der Waals surface area (Å²) >= 11 is 0. The van der Waals surface area contributed by atoms with E-state index < -0.39 is 12.2 Å². The van der Waals surface area contributed by atoms with Crippen LogP contribution in [0.5, 0.6) is 0 Å². The van der Waals surface area contributed by atoms with Crippen LogP contribution in [-0.4, -0.2) is 66.0 Å². The Balaban J connectivity index is 1.19. The van der Waals surface area contributed by atoms with Crippen LogP contribution in [0.15, 0.2) is 72.8 Å². The molecular formula is C36H45N3O7. The number of carbonyl (C=O) groups is 2. The van der Waals surface area contributed by atoms with Crippen molar-refractivity contribution in [2.75, 3.05) is 32.8 Å². The van der Waals surface area contributed by atoms with Gasteiger partial charge >= 0.3 is 0 Å². The molecule has 10 heteroatoms. The molecule has 2 aliphatic rings. The Morgan fingerprint density at radius 1 is 0.804 bits per heavy atom. The van der Waals surface area contributed by atoms with Gasteiger partial charge < -0.3 is 24.6 Å². The van der Waals surface area contributed by atoms with Crippen LogP contribution in [0.25, 0.3) is 11.1 Å². The maximum absolute atomic E-state index is 12.3. The van der Waals surface area contributed by atoms with Crippen LogP contribution < -0.4 is 10.8 Å². The van der Waals surface area contributed by atoms with E-state index in [1.54, 1.807) is 5.48 Å². The lowest BCUT2D eigenvalue weighted by molar-refractivity contribution is -0.253. The number of hydroxylamine groups is 1. The fourth-order valence-corrected chi connectivity index (χ4v) is 5.89. The van der Waals surface area contributed by atoms with E-state index in [2.05, 4.69) is 46.6 Å². The largest absolute Gasteiger partial charge is 0.392 e. The van der Waals surface area contributed by atoms with Gasteiger partial charge in [0.05, 0.1) is 32.0 Å². The van der Waals surface area contributed by atoms with Gasteiger partial charge in [-0.25, -0.2) is 5.48 Å². The van der Waals surface area contributed by atoms with Crippen LogP contribution in [0.3, 0.4) is 0 Å². The lowest BCUT2D eigenvalue weighted by Crippen LogP contribution is -2.44. The third kappa shape index (κ3) is 9.93. The number of unbranched alkanes of at least 4 members (excludes halogenated alkanes) is 2. The summed E-state index contributed by atoms with van der Waals surface area (Å²) in [5, 5.41) is 21.0. The number of morpholine rings is 1. The summed E-state index contributed by atoms with van der Waals surface area (Å²) in [6.07, 6.45) is 2.83. The van der Waals surface area contributed by atoms with Crippen LogP contribution >= 0.6 is 0 Å². The molecule has 10 nitrogen and oxygen atoms in total. The third-order valence-corrected chi connectivity index (χ3v) is 8.55. The van der Waals surface area contributed by atoms with E-state index in [1.165, 1.54) is 0 Å². The Bertz CT molecular complexity index is 1390. The lowest BCUT2D eigenvalue weighted by Gasteiger charge is -2.39. The maximum Gasteiger partial charge on any atom is 0.243 e. The topological polar surface area (TPSA) is 130 Å². The second-order valence-corrected chi connectivity index (χ2v) is 12.0. The average molecular weight is 632 g/mol. The first-order valence-corrected chi connectivity index (χ1v) is 16.2. The Kier molecular flexibility index (Phi) is 12.7. The van der Waals surface area contributed by atoms with E-state index in [1.807, 2.05) is 36.4 Å². The Labute approximate surface area is 270 Å². The molecule has 0 unspecified atom stereocenters. The lowest BCUT2D eigenvalue weighted by atomic mass is 9.99. The fraction of sp³-hybridized carbons (Fsp3) is 0.444. The molecule has 0 aliphatic carbocycles. The van der Waals surface area contributed by atoms with Crippen molar-refractivity contribution >= 4 is 11.8 Å². The quantitative estimate of drug-likeness (QED) is 0.114. The van der Waals surface area contributed by atoms with Gasteiger partial charge in [-0.3, -0.25) is 19.7 Å². The standard InChI is InChI=1S/C36H45N3O7/c40-25-26-9-11-29(12-10-26)33-22-32(24-39-17-19-44-20-18-39)45-36(46-33)30-15-13-28(14-16-30)31-6-4-5-27(21-31)23-37-34(41)7-2-1-3-8-35(42)38-43/h4-6,9-16,21,32-33,36,40,43H,1-3,7-8,17-20,22-25H2,(H,37,41)(H,38,42)/t32-,33+,36+/m0/s1. The zero-order valence-electron chi connectivity index (χ0n) is 26.2. The van der Waals surface area contributed by atoms with Gasteiger partial charge in [0.2, 0.25) is 11.8 Å². The highest BCUT2D eigenvalue weighted by atomic mass is 16.7. The molecule has 4 N–H and O–H groups in total. The summed E-state index contributed by atoms with van der Waals surface area (Å²) in [5.74, 6) is -0.429. The van der Waals surface area contributed by atoms with Gasteiger partial charge in [-0.1, -0.05) is 73.2 Å². The second kappa shape index (κ2) is 17.3. The number of hydrogen-bond donors (Lipinski definition) is 4. The number of aliphatic hydroxyl groups is 1. The highest BCUT2D eigenvalue weighted by molar-refractivity contribution is 5.76. The minimum absolute atomic E-state index is 0.00120. The summed E-state index contributed by atoms with van der Waals surface area (Å²) in [6.45, 7) is 4.53. The first-order chi connectivity index (χ1) is 22.5. The minimum atomic E-state index is -0.510. The van der Waals surface area contributed by atoms with Crippen molar-refractivity contribution in [2.45, 2.75) is 70.2 Å². The van der Waals surface area contributed by atoms with Crippen molar-refractivity contribution in [1.82, 2.24) is 15.7 Å². The molecule has 2 amide bonds. The number of rotatable bonds is 14. The first kappa shape index (κ1) is 33.7. The van der Waals surface area contributed by atoms with Gasteiger partial charge in [-0.2, -0.15) is 0 Å². The second-order valence-electron chi connectivity index (χ2n) is 12.0. The Morgan fingerprint density at radius 2 is 1.52 bits per heavy atom. The number of nitrogens with zero attached hydrogens (tertiary/aromatic N) is 1. The molecule has 2 saturated heterocycles. The van der Waals surface area contributed by atoms with E-state index in [-0.39, 0.29) is 31.1 Å². The van der Waals surface area contributed by atoms with E-state index in [9.17, 15) is 14.7 Å². The van der Waals surface area contributed by atoms with Crippen LogP contribution in [0.2, 0.25) is 0 Å². The van der Waals surface area contributed by atoms with Gasteiger partial charge in [0.1, 0.15) is 0 Å². The monoisotopic (exact) mass is 631 g/mol. The number of carbonyl (C=O) groups excluding carboxylic acids is 2. The smallest absolute Gasteiger partial charge is 0.243 e. The molecule has 3 aromatic rings. The van der Waals surface area contributed by atoms with Gasteiger partial charge in [0.15, 0.2) is 6.29 Å². The van der Waals surface area contributed by atoms with E-state index in [0.29, 0.717) is 25.8 Å². The molecule has 0 aromatic heterocycles. The number of amides is 2. The zero-order valence-corrected chi connectivity index (χ0v) is 26.2. The highest BCUT2D eigenvalue weighted by Gasteiger charge is 2.33. The molecule has 2 fully saturated rings. The molecule has 0 radical (unpaired) electrons. The molecule has 2 heterocycles. The SMILES string of the molecule is O=C(CCCCCC(=O)NCc1cccc(-c2ccc([C@@H]3O[C@H](CN4CCOCC4)C[C@H](c4ccc(CO)cc4)O3)cc2)c1)NO. The number of nitrogens with one attached hydrogen (secondary N) is 2. The summed E-state index contributed by atoms with van der Waals surface area (Å²) in [4.78, 5) is 25.8. The summed E-state index contributed by atoms with van der Waals surface area (Å²) in [5.41, 5.74) is 7.64. The average Bonchev–Trinajstić information content (AvgIpc) is 3.11. The molecule has 2 aliphatic heterocycles. The number of aliphatic hydroxyl groups excluding tert-OH is 1. The minimum Gasteiger partial charge on any atom is -0.392 e. The fourth-order valence-electron chi connectivity index (χ4n) is 5.89. The van der Waals surface area contributed by atoms with Crippen molar-refractivity contribution in [1.29, 1.82) is 0 Å². The highest BCUT2D eigenvalue weighted by Crippen LogP contribution is 2.38. The number of ether oxygens (including phenoxy) is 3. The van der Waals surface area contributed by atoms with Crippen LogP contribution in [0, 0.1) is 0 Å². The van der Waals surface area contributed by atoms with Crippen LogP contribution in [-0.2, 0) is 37.0 Å². The molecule has 3 aromatic carbocycles. The predicted molar refractivity (Wildman–Crippen MR) is 172 cm³/mol. The van der Waals surface area contributed by atoms with Crippen molar-refractivity contribution in [3.63, 3.8) is 0 Å². The summed E-state index contributed by atoms with van der Waals surface area (Å²) < 4.78 is 18.6. The van der Waals surface area contributed by atoms with E-state index >= 15 is 0 Å². The maximum atomic E-state index is 12.3. The van der Waals surface area contributed by atoms with Crippen molar-refractivity contribution in [3.05, 3.63) is 95.1 Å². The van der Waals surface area contributed by atoms with Gasteiger partial charge in [-0.15, -0.1) is 0 Å². The number of benzene rings is 3. The van der Waals surface area contributed by atoms with E-state index in [0.717, 1.165) is 79.1 Å². The molecule has 0 spiro atoms. The molecule has 0 bridgehead atoms. The Hall–Kier alpha value is -3.64. The molecular weight excluding hydrogens is 586 g/mol. The zero-order chi connectivity index (χ0) is 32.1. The van der Waals surface area contributed by atoms with Crippen molar-refractivity contribution in [3.8, 4) is 11.1 Å². The van der Waals surface area contributed by atoms with Gasteiger partial charge in [0, 0.05) is 51.0 Å². The van der Waals surface area contributed by atoms with E-state index in [4.69, 9.17) is 19.4 Å². The normalized spacial score (nSPS) is 20.3. The molecule has 246 valence electrons. The summed E-state index contributed by atoms with van der Waals surface area (Å²) in [7, 11) is 0. The predicted octanol–water partition coefficient (Wildman–Crippen LogP) is 4.80. The van der Waals surface area contributed by atoms with Crippen LogP contribution in [0.4, 0.5) is 0 Å². The Morgan fingerprint density at radius 3 is 2.24 bits per heavy atom. The van der Waals surface area contributed by atoms with Gasteiger partial charge in [0.25, 0.3) is 0 Å². The molecule has 5 rings (SSSR count). The third-order valence-electron chi connectivity index (χ3n) is 8.55. The molecule has 3 atom stereocenters. The number of hydrogen-bond acceptors (Lipinski definition) is 8. The van der Waals surface area contributed by atoms with Crippen molar-refractivity contribution in [2.24, 2.45) is 0 Å². The van der Waals surface area contributed by atoms with Crippen LogP contribution in [0.1, 0.15) is 73.2 Å². The molecule has 0 saturated carbocycles.